The molecule has 0 radical (unpaired) electrons. The molecule has 0 aromatic heterocycles. The Morgan fingerprint density at radius 2 is 2.00 bits per heavy atom. The third-order valence-electron chi connectivity index (χ3n) is 4.26. The number of sulfone groups is 1. The van der Waals surface area contributed by atoms with Gasteiger partial charge in [0.1, 0.15) is 0 Å². The fourth-order valence-electron chi connectivity index (χ4n) is 2.70. The topological polar surface area (TPSA) is 58.2 Å². The average molecular weight is 296 g/mol. The van der Waals surface area contributed by atoms with Gasteiger partial charge in [-0.1, -0.05) is 19.1 Å². The summed E-state index contributed by atoms with van der Waals surface area (Å²) < 4.78 is 22.8. The summed E-state index contributed by atoms with van der Waals surface area (Å²) in [6.45, 7) is 6.23. The molecule has 0 amide bonds. The fraction of sp³-hybridized carbons (Fsp3) is 0.600. The highest BCUT2D eigenvalue weighted by Crippen LogP contribution is 2.28. The first-order valence-corrected chi connectivity index (χ1v) is 9.05. The lowest BCUT2D eigenvalue weighted by Gasteiger charge is -2.27. The molecule has 1 heterocycles. The summed E-state index contributed by atoms with van der Waals surface area (Å²) in [7, 11) is -3.10. The zero-order chi connectivity index (χ0) is 14.6. The zero-order valence-electron chi connectivity index (χ0n) is 12.3. The Bertz CT molecular complexity index is 531. The molecule has 1 atom stereocenters. The van der Waals surface area contributed by atoms with Crippen LogP contribution in [0.4, 0.5) is 0 Å². The van der Waals surface area contributed by atoms with E-state index in [9.17, 15) is 8.42 Å². The van der Waals surface area contributed by atoms with Gasteiger partial charge in [0.15, 0.2) is 9.84 Å². The minimum Gasteiger partial charge on any atom is -0.316 e. The van der Waals surface area contributed by atoms with Crippen LogP contribution < -0.4 is 10.6 Å². The molecule has 1 fully saturated rings. The van der Waals surface area contributed by atoms with E-state index in [4.69, 9.17) is 0 Å². The van der Waals surface area contributed by atoms with Gasteiger partial charge in [0.25, 0.3) is 0 Å². The van der Waals surface area contributed by atoms with Crippen LogP contribution in [0.25, 0.3) is 0 Å². The SMILES string of the molecule is CCC1(CNCc2ccc(S(C)(=O)=O)cc2)CCNC1. The first-order chi connectivity index (χ1) is 9.45. The largest absolute Gasteiger partial charge is 0.316 e. The van der Waals surface area contributed by atoms with Gasteiger partial charge >= 0.3 is 0 Å². The van der Waals surface area contributed by atoms with Crippen molar-refractivity contribution in [3.05, 3.63) is 29.8 Å². The lowest BCUT2D eigenvalue weighted by atomic mass is 9.84. The van der Waals surface area contributed by atoms with Gasteiger partial charge in [-0.05, 0) is 42.5 Å². The van der Waals surface area contributed by atoms with Crippen molar-refractivity contribution in [1.29, 1.82) is 0 Å². The maximum absolute atomic E-state index is 11.4. The van der Waals surface area contributed by atoms with Gasteiger partial charge in [0, 0.05) is 25.9 Å². The van der Waals surface area contributed by atoms with Gasteiger partial charge in [-0.25, -0.2) is 8.42 Å². The number of nitrogens with one attached hydrogen (secondary N) is 2. The summed E-state index contributed by atoms with van der Waals surface area (Å²) in [4.78, 5) is 0.381. The van der Waals surface area contributed by atoms with Crippen LogP contribution in [0.15, 0.2) is 29.2 Å². The summed E-state index contributed by atoms with van der Waals surface area (Å²) in [6.07, 6.45) is 3.64. The molecule has 2 rings (SSSR count). The highest BCUT2D eigenvalue weighted by Gasteiger charge is 2.31. The molecule has 1 unspecified atom stereocenters. The zero-order valence-corrected chi connectivity index (χ0v) is 13.1. The number of hydrogen-bond acceptors (Lipinski definition) is 4. The van der Waals surface area contributed by atoms with E-state index in [-0.39, 0.29) is 0 Å². The highest BCUT2D eigenvalue weighted by molar-refractivity contribution is 7.90. The van der Waals surface area contributed by atoms with Gasteiger partial charge in [0.05, 0.1) is 4.90 Å². The minimum atomic E-state index is -3.10. The molecule has 1 aliphatic rings. The second kappa shape index (κ2) is 6.24. The van der Waals surface area contributed by atoms with Crippen molar-refractivity contribution in [2.45, 2.75) is 31.2 Å². The van der Waals surface area contributed by atoms with E-state index in [0.717, 1.165) is 31.7 Å². The molecule has 20 heavy (non-hydrogen) atoms. The van der Waals surface area contributed by atoms with Crippen molar-refractivity contribution in [1.82, 2.24) is 10.6 Å². The molecule has 0 aliphatic carbocycles. The molecule has 1 aromatic rings. The van der Waals surface area contributed by atoms with Crippen LogP contribution in [-0.4, -0.2) is 34.3 Å². The quantitative estimate of drug-likeness (QED) is 0.836. The summed E-state index contributed by atoms with van der Waals surface area (Å²) >= 11 is 0. The number of rotatable bonds is 6. The molecular weight excluding hydrogens is 272 g/mol. The molecule has 1 saturated heterocycles. The van der Waals surface area contributed by atoms with E-state index in [1.165, 1.54) is 19.1 Å². The second-order valence-corrected chi connectivity index (χ2v) is 7.82. The predicted molar refractivity (Wildman–Crippen MR) is 81.5 cm³/mol. The standard InChI is InChI=1S/C15H24N2O2S/c1-3-15(8-9-16-11-15)12-17-10-13-4-6-14(7-5-13)20(2,18)19/h4-7,16-17H,3,8-12H2,1-2H3. The molecular formula is C15H24N2O2S. The molecule has 1 aromatic carbocycles. The number of benzene rings is 1. The van der Waals surface area contributed by atoms with E-state index in [0.29, 0.717) is 10.3 Å². The maximum atomic E-state index is 11.4. The first kappa shape index (κ1) is 15.5. The molecule has 112 valence electrons. The van der Waals surface area contributed by atoms with E-state index in [1.54, 1.807) is 12.1 Å². The second-order valence-electron chi connectivity index (χ2n) is 5.80. The van der Waals surface area contributed by atoms with Gasteiger partial charge in [-0.15, -0.1) is 0 Å². The smallest absolute Gasteiger partial charge is 0.175 e. The lowest BCUT2D eigenvalue weighted by molar-refractivity contribution is 0.291. The van der Waals surface area contributed by atoms with Crippen LogP contribution >= 0.6 is 0 Å². The van der Waals surface area contributed by atoms with Gasteiger partial charge < -0.3 is 10.6 Å². The minimum absolute atomic E-state index is 0.381. The highest BCUT2D eigenvalue weighted by atomic mass is 32.2. The monoisotopic (exact) mass is 296 g/mol. The van der Waals surface area contributed by atoms with Crippen LogP contribution in [0.2, 0.25) is 0 Å². The van der Waals surface area contributed by atoms with E-state index in [1.807, 2.05) is 12.1 Å². The predicted octanol–water partition coefficient (Wildman–Crippen LogP) is 1.57. The van der Waals surface area contributed by atoms with Crippen molar-refractivity contribution < 1.29 is 8.42 Å². The van der Waals surface area contributed by atoms with Gasteiger partial charge in [0.2, 0.25) is 0 Å². The molecule has 1 aliphatic heterocycles. The van der Waals surface area contributed by atoms with E-state index >= 15 is 0 Å². The van der Waals surface area contributed by atoms with Crippen molar-refractivity contribution >= 4 is 9.84 Å². The maximum Gasteiger partial charge on any atom is 0.175 e. The van der Waals surface area contributed by atoms with Crippen molar-refractivity contribution in [3.8, 4) is 0 Å². The summed E-state index contributed by atoms with van der Waals surface area (Å²) in [5.41, 5.74) is 1.50. The molecule has 5 heteroatoms. The number of hydrogen-bond donors (Lipinski definition) is 2. The van der Waals surface area contributed by atoms with E-state index < -0.39 is 9.84 Å². The van der Waals surface area contributed by atoms with Gasteiger partial charge in [-0.2, -0.15) is 0 Å². The first-order valence-electron chi connectivity index (χ1n) is 7.16. The van der Waals surface area contributed by atoms with Crippen LogP contribution in [0, 0.1) is 5.41 Å². The normalized spacial score (nSPS) is 23.1. The summed E-state index contributed by atoms with van der Waals surface area (Å²) in [5, 5.41) is 6.93. The lowest BCUT2D eigenvalue weighted by Crippen LogP contribution is -2.35. The van der Waals surface area contributed by atoms with Gasteiger partial charge in [-0.3, -0.25) is 0 Å². The fourth-order valence-corrected chi connectivity index (χ4v) is 3.33. The Hall–Kier alpha value is -0.910. The van der Waals surface area contributed by atoms with Crippen LogP contribution in [0.5, 0.6) is 0 Å². The Labute approximate surface area is 121 Å². The Balaban J connectivity index is 1.88. The van der Waals surface area contributed by atoms with Crippen molar-refractivity contribution in [2.24, 2.45) is 5.41 Å². The van der Waals surface area contributed by atoms with Crippen LogP contribution in [0.3, 0.4) is 0 Å². The van der Waals surface area contributed by atoms with Crippen LogP contribution in [-0.2, 0) is 16.4 Å². The molecule has 2 N–H and O–H groups in total. The Morgan fingerprint density at radius 1 is 1.30 bits per heavy atom. The van der Waals surface area contributed by atoms with Crippen molar-refractivity contribution in [2.75, 3.05) is 25.9 Å². The molecule has 0 spiro atoms. The third-order valence-corrected chi connectivity index (χ3v) is 5.39. The van der Waals surface area contributed by atoms with Crippen molar-refractivity contribution in [3.63, 3.8) is 0 Å². The summed E-state index contributed by atoms with van der Waals surface area (Å²) in [6, 6.07) is 7.13. The third kappa shape index (κ3) is 3.81. The molecule has 0 saturated carbocycles. The molecule has 4 nitrogen and oxygen atoms in total. The Morgan fingerprint density at radius 3 is 2.50 bits per heavy atom. The molecule has 0 bridgehead atoms. The Kier molecular flexibility index (Phi) is 4.83. The van der Waals surface area contributed by atoms with Crippen LogP contribution in [0.1, 0.15) is 25.3 Å². The average Bonchev–Trinajstić information content (AvgIpc) is 2.88. The van der Waals surface area contributed by atoms with E-state index in [2.05, 4.69) is 17.6 Å². The summed E-state index contributed by atoms with van der Waals surface area (Å²) in [5.74, 6) is 0.